The molecule has 2 saturated carbocycles. The molecule has 0 N–H and O–H groups in total. The van der Waals surface area contributed by atoms with E-state index in [-0.39, 0.29) is 17.9 Å². The molecule has 2 atom stereocenters. The summed E-state index contributed by atoms with van der Waals surface area (Å²) in [4.78, 5) is 14.2. The van der Waals surface area contributed by atoms with Gasteiger partial charge in [0.25, 0.3) is 0 Å². The second-order valence-corrected chi connectivity index (χ2v) is 5.46. The summed E-state index contributed by atoms with van der Waals surface area (Å²) in [5.74, 6) is 2.24. The van der Waals surface area contributed by atoms with Crippen LogP contribution in [0.3, 0.4) is 0 Å². The molecule has 1 amide bonds. The van der Waals surface area contributed by atoms with Crippen LogP contribution in [-0.2, 0) is 4.79 Å². The Balaban J connectivity index is 1.91. The first-order chi connectivity index (χ1) is 7.63. The van der Waals surface area contributed by atoms with E-state index in [1.807, 2.05) is 18.7 Å². The normalized spacial score (nSPS) is 31.0. The lowest BCUT2D eigenvalue weighted by Gasteiger charge is -2.29. The molecule has 2 aliphatic rings. The van der Waals surface area contributed by atoms with Gasteiger partial charge in [-0.2, -0.15) is 5.26 Å². The highest BCUT2D eigenvalue weighted by atomic mass is 16.2. The molecule has 3 heteroatoms. The number of fused-ring (bicyclic) bond motifs is 1. The molecule has 2 rings (SSSR count). The van der Waals surface area contributed by atoms with Gasteiger partial charge in [-0.3, -0.25) is 4.79 Å². The van der Waals surface area contributed by atoms with Crippen LogP contribution in [0.5, 0.6) is 0 Å². The van der Waals surface area contributed by atoms with Crippen molar-refractivity contribution in [2.75, 3.05) is 6.54 Å². The predicted molar refractivity (Wildman–Crippen MR) is 61.4 cm³/mol. The predicted octanol–water partition coefficient (Wildman–Crippen LogP) is 2.18. The third-order valence-corrected chi connectivity index (χ3v) is 3.96. The average molecular weight is 220 g/mol. The average Bonchev–Trinajstić information content (AvgIpc) is 2.85. The first kappa shape index (κ1) is 11.4. The molecule has 0 aliphatic heterocycles. The van der Waals surface area contributed by atoms with Crippen molar-refractivity contribution >= 4 is 5.91 Å². The lowest BCUT2D eigenvalue weighted by Crippen LogP contribution is -2.41. The van der Waals surface area contributed by atoms with E-state index < -0.39 is 0 Å². The summed E-state index contributed by atoms with van der Waals surface area (Å²) in [5, 5.41) is 8.61. The van der Waals surface area contributed by atoms with Crippen LogP contribution in [0.25, 0.3) is 0 Å². The zero-order chi connectivity index (χ0) is 11.7. The van der Waals surface area contributed by atoms with E-state index in [1.165, 1.54) is 6.42 Å². The highest BCUT2D eigenvalue weighted by Crippen LogP contribution is 2.54. The van der Waals surface area contributed by atoms with Gasteiger partial charge in [-0.05, 0) is 44.9 Å². The van der Waals surface area contributed by atoms with Crippen LogP contribution in [-0.4, -0.2) is 23.4 Å². The maximum atomic E-state index is 12.3. The minimum absolute atomic E-state index is 0.220. The molecular weight excluding hydrogens is 200 g/mol. The van der Waals surface area contributed by atoms with Crippen molar-refractivity contribution in [2.45, 2.75) is 45.6 Å². The van der Waals surface area contributed by atoms with Gasteiger partial charge in [0.1, 0.15) is 0 Å². The van der Waals surface area contributed by atoms with E-state index in [1.54, 1.807) is 0 Å². The van der Waals surface area contributed by atoms with Crippen molar-refractivity contribution in [1.82, 2.24) is 4.90 Å². The van der Waals surface area contributed by atoms with Gasteiger partial charge in [0, 0.05) is 18.5 Å². The van der Waals surface area contributed by atoms with Gasteiger partial charge in [0.2, 0.25) is 5.91 Å². The maximum absolute atomic E-state index is 12.3. The summed E-state index contributed by atoms with van der Waals surface area (Å²) in [6.45, 7) is 4.66. The van der Waals surface area contributed by atoms with E-state index in [9.17, 15) is 4.79 Å². The van der Waals surface area contributed by atoms with Crippen LogP contribution >= 0.6 is 0 Å². The summed E-state index contributed by atoms with van der Waals surface area (Å²) in [6, 6.07) is 2.34. The van der Waals surface area contributed by atoms with Gasteiger partial charge in [-0.25, -0.2) is 0 Å². The number of amides is 1. The fraction of sp³-hybridized carbons (Fsp3) is 0.846. The van der Waals surface area contributed by atoms with E-state index in [0.717, 1.165) is 24.7 Å². The van der Waals surface area contributed by atoms with E-state index >= 15 is 0 Å². The smallest absolute Gasteiger partial charge is 0.225 e. The van der Waals surface area contributed by atoms with Crippen molar-refractivity contribution in [3.05, 3.63) is 0 Å². The fourth-order valence-electron chi connectivity index (χ4n) is 2.94. The van der Waals surface area contributed by atoms with Crippen molar-refractivity contribution in [3.63, 3.8) is 0 Å². The van der Waals surface area contributed by atoms with Crippen molar-refractivity contribution in [1.29, 1.82) is 5.26 Å². The van der Waals surface area contributed by atoms with Gasteiger partial charge in [-0.15, -0.1) is 0 Å². The van der Waals surface area contributed by atoms with Crippen LogP contribution < -0.4 is 0 Å². The fourth-order valence-corrected chi connectivity index (χ4v) is 2.94. The molecular formula is C13H20N2O. The molecule has 16 heavy (non-hydrogen) atoms. The molecule has 2 fully saturated rings. The lowest BCUT2D eigenvalue weighted by molar-refractivity contribution is -0.137. The number of nitrogens with zero attached hydrogens (tertiary/aromatic N) is 2. The Morgan fingerprint density at radius 2 is 2.00 bits per heavy atom. The van der Waals surface area contributed by atoms with Gasteiger partial charge < -0.3 is 4.90 Å². The second kappa shape index (κ2) is 4.45. The van der Waals surface area contributed by atoms with Crippen LogP contribution in [0.2, 0.25) is 0 Å². The molecule has 2 unspecified atom stereocenters. The molecule has 0 bridgehead atoms. The van der Waals surface area contributed by atoms with Crippen molar-refractivity contribution in [2.24, 2.45) is 17.8 Å². The molecule has 0 radical (unpaired) electrons. The highest BCUT2D eigenvalue weighted by molar-refractivity contribution is 5.79. The molecule has 3 nitrogen and oxygen atoms in total. The standard InChI is InChI=1S/C13H20N2O/c1-9(2)15(5-3-4-14)13(16)12-7-10-6-11(10)8-12/h9-12H,3,5-8H2,1-2H3. The molecule has 0 saturated heterocycles. The van der Waals surface area contributed by atoms with Gasteiger partial charge in [0.05, 0.1) is 12.5 Å². The first-order valence-electron chi connectivity index (χ1n) is 6.31. The monoisotopic (exact) mass is 220 g/mol. The van der Waals surface area contributed by atoms with E-state index in [0.29, 0.717) is 13.0 Å². The minimum Gasteiger partial charge on any atom is -0.339 e. The Morgan fingerprint density at radius 1 is 1.38 bits per heavy atom. The van der Waals surface area contributed by atoms with Crippen LogP contribution in [0.1, 0.15) is 39.5 Å². The Morgan fingerprint density at radius 3 is 2.50 bits per heavy atom. The maximum Gasteiger partial charge on any atom is 0.225 e. The topological polar surface area (TPSA) is 44.1 Å². The summed E-state index contributed by atoms with van der Waals surface area (Å²) in [5.41, 5.74) is 0. The number of carbonyl (C=O) groups excluding carboxylic acids is 1. The van der Waals surface area contributed by atoms with Crippen molar-refractivity contribution < 1.29 is 4.79 Å². The van der Waals surface area contributed by atoms with Crippen LogP contribution in [0, 0.1) is 29.1 Å². The number of nitriles is 1. The number of carbonyl (C=O) groups is 1. The van der Waals surface area contributed by atoms with Gasteiger partial charge in [-0.1, -0.05) is 0 Å². The molecule has 0 aromatic carbocycles. The zero-order valence-electron chi connectivity index (χ0n) is 10.1. The van der Waals surface area contributed by atoms with Crippen molar-refractivity contribution in [3.8, 4) is 6.07 Å². The Bertz CT molecular complexity index is 308. The molecule has 0 spiro atoms. The minimum atomic E-state index is 0.220. The Labute approximate surface area is 97.4 Å². The van der Waals surface area contributed by atoms with E-state index in [4.69, 9.17) is 5.26 Å². The number of hydrogen-bond donors (Lipinski definition) is 0. The summed E-state index contributed by atoms with van der Waals surface area (Å²) >= 11 is 0. The molecule has 0 aromatic rings. The van der Waals surface area contributed by atoms with Gasteiger partial charge in [0.15, 0.2) is 0 Å². The third kappa shape index (κ3) is 2.21. The summed E-state index contributed by atoms with van der Waals surface area (Å²) < 4.78 is 0. The second-order valence-electron chi connectivity index (χ2n) is 5.46. The van der Waals surface area contributed by atoms with E-state index in [2.05, 4.69) is 6.07 Å². The Kier molecular flexibility index (Phi) is 3.18. The highest BCUT2D eigenvalue weighted by Gasteiger charge is 2.48. The summed E-state index contributed by atoms with van der Waals surface area (Å²) in [6.07, 6.45) is 3.99. The Hall–Kier alpha value is -1.04. The van der Waals surface area contributed by atoms with Gasteiger partial charge >= 0.3 is 0 Å². The largest absolute Gasteiger partial charge is 0.339 e. The SMILES string of the molecule is CC(C)N(CCC#N)C(=O)C1CC2CC2C1. The molecule has 0 heterocycles. The quantitative estimate of drug-likeness (QED) is 0.729. The molecule has 0 aromatic heterocycles. The number of hydrogen-bond acceptors (Lipinski definition) is 2. The van der Waals surface area contributed by atoms with Crippen LogP contribution in [0.15, 0.2) is 0 Å². The first-order valence-corrected chi connectivity index (χ1v) is 6.31. The number of rotatable bonds is 4. The zero-order valence-corrected chi connectivity index (χ0v) is 10.1. The summed E-state index contributed by atoms with van der Waals surface area (Å²) in [7, 11) is 0. The molecule has 2 aliphatic carbocycles. The molecule has 88 valence electrons. The third-order valence-electron chi connectivity index (χ3n) is 3.96. The lowest BCUT2D eigenvalue weighted by atomic mass is 10.0. The van der Waals surface area contributed by atoms with Crippen LogP contribution in [0.4, 0.5) is 0 Å².